The van der Waals surface area contributed by atoms with Crippen LogP contribution >= 0.6 is 11.8 Å². The van der Waals surface area contributed by atoms with Crippen LogP contribution in [0.4, 0.5) is 4.79 Å². The summed E-state index contributed by atoms with van der Waals surface area (Å²) in [5.41, 5.74) is -0.396. The van der Waals surface area contributed by atoms with E-state index < -0.39 is 5.60 Å². The van der Waals surface area contributed by atoms with Gasteiger partial charge in [0.15, 0.2) is 0 Å². The number of carbonyl (C=O) groups is 1. The van der Waals surface area contributed by atoms with Crippen LogP contribution in [0.1, 0.15) is 47.0 Å². The minimum atomic E-state index is -0.396. The van der Waals surface area contributed by atoms with Gasteiger partial charge in [-0.1, -0.05) is 6.92 Å². The molecule has 2 aliphatic rings. The number of rotatable bonds is 4. The summed E-state index contributed by atoms with van der Waals surface area (Å²) in [7, 11) is 0. The zero-order valence-electron chi connectivity index (χ0n) is 13.9. The Kier molecular flexibility index (Phi) is 5.83. The van der Waals surface area contributed by atoms with E-state index in [2.05, 4.69) is 24.0 Å². The first-order valence-corrected chi connectivity index (χ1v) is 9.23. The second kappa shape index (κ2) is 7.23. The maximum absolute atomic E-state index is 12.0. The van der Waals surface area contributed by atoms with Crippen LogP contribution in [-0.2, 0) is 4.74 Å². The monoisotopic (exact) mass is 314 g/mol. The maximum atomic E-state index is 12.0. The number of amides is 1. The lowest BCUT2D eigenvalue weighted by Gasteiger charge is -2.24. The van der Waals surface area contributed by atoms with Crippen LogP contribution < -0.4 is 5.32 Å². The second-order valence-electron chi connectivity index (χ2n) is 7.29. The van der Waals surface area contributed by atoms with E-state index in [1.54, 1.807) is 0 Å². The molecule has 0 saturated carbocycles. The van der Waals surface area contributed by atoms with E-state index in [0.29, 0.717) is 12.0 Å². The number of hydrogen-bond acceptors (Lipinski definition) is 4. The van der Waals surface area contributed by atoms with Gasteiger partial charge in [-0.3, -0.25) is 0 Å². The van der Waals surface area contributed by atoms with Crippen molar-refractivity contribution in [3.63, 3.8) is 0 Å². The lowest BCUT2D eigenvalue weighted by atomic mass is 10.0. The molecule has 0 bridgehead atoms. The predicted octanol–water partition coefficient (Wildman–Crippen LogP) is 3.12. The van der Waals surface area contributed by atoms with E-state index >= 15 is 0 Å². The Morgan fingerprint density at radius 2 is 2.14 bits per heavy atom. The quantitative estimate of drug-likeness (QED) is 0.866. The van der Waals surface area contributed by atoms with Crippen LogP contribution in [-0.4, -0.2) is 53.3 Å². The van der Waals surface area contributed by atoms with Crippen molar-refractivity contribution in [2.24, 2.45) is 5.92 Å². The van der Waals surface area contributed by atoms with Gasteiger partial charge in [0.05, 0.1) is 0 Å². The minimum Gasteiger partial charge on any atom is -0.444 e. The zero-order valence-corrected chi connectivity index (χ0v) is 14.7. The Morgan fingerprint density at radius 1 is 1.38 bits per heavy atom. The third-order valence-electron chi connectivity index (χ3n) is 4.27. The van der Waals surface area contributed by atoms with Crippen molar-refractivity contribution in [1.82, 2.24) is 10.2 Å². The number of hydrogen-bond donors (Lipinski definition) is 1. The Morgan fingerprint density at radius 3 is 2.76 bits per heavy atom. The minimum absolute atomic E-state index is 0.154. The molecular formula is C16H30N2O2S. The molecule has 2 rings (SSSR count). The molecule has 0 radical (unpaired) electrons. The maximum Gasteiger partial charge on any atom is 0.410 e. The van der Waals surface area contributed by atoms with E-state index in [9.17, 15) is 4.79 Å². The Hall–Kier alpha value is -0.420. The summed E-state index contributed by atoms with van der Waals surface area (Å²) in [4.78, 5) is 13.9. The molecule has 21 heavy (non-hydrogen) atoms. The fraction of sp³-hybridized carbons (Fsp3) is 0.938. The van der Waals surface area contributed by atoms with Crippen molar-refractivity contribution < 1.29 is 9.53 Å². The van der Waals surface area contributed by atoms with Crippen LogP contribution in [0.5, 0.6) is 0 Å². The molecule has 2 heterocycles. The van der Waals surface area contributed by atoms with Crippen LogP contribution in [0.3, 0.4) is 0 Å². The van der Waals surface area contributed by atoms with Crippen molar-refractivity contribution in [3.8, 4) is 0 Å². The molecular weight excluding hydrogens is 284 g/mol. The molecule has 1 N–H and O–H groups in total. The molecule has 3 atom stereocenters. The van der Waals surface area contributed by atoms with Crippen LogP contribution in [0.15, 0.2) is 0 Å². The summed E-state index contributed by atoms with van der Waals surface area (Å²) >= 11 is 2.07. The van der Waals surface area contributed by atoms with E-state index in [4.69, 9.17) is 4.74 Å². The van der Waals surface area contributed by atoms with E-state index in [1.165, 1.54) is 12.2 Å². The highest BCUT2D eigenvalue weighted by Crippen LogP contribution is 2.26. The lowest BCUT2D eigenvalue weighted by Crippen LogP contribution is -2.36. The van der Waals surface area contributed by atoms with Crippen molar-refractivity contribution >= 4 is 17.9 Å². The Labute approximate surface area is 133 Å². The predicted molar refractivity (Wildman–Crippen MR) is 88.9 cm³/mol. The van der Waals surface area contributed by atoms with Gasteiger partial charge in [0.1, 0.15) is 5.60 Å². The van der Waals surface area contributed by atoms with Gasteiger partial charge in [0.25, 0.3) is 0 Å². The summed E-state index contributed by atoms with van der Waals surface area (Å²) in [6.07, 6.45) is 3.41. The summed E-state index contributed by atoms with van der Waals surface area (Å²) in [5.74, 6) is 1.91. The topological polar surface area (TPSA) is 41.6 Å². The molecule has 0 spiro atoms. The lowest BCUT2D eigenvalue weighted by molar-refractivity contribution is 0.0287. The fourth-order valence-corrected chi connectivity index (χ4v) is 4.26. The second-order valence-corrected chi connectivity index (χ2v) is 8.78. The molecule has 1 amide bonds. The molecule has 2 aliphatic heterocycles. The first-order valence-electron chi connectivity index (χ1n) is 8.18. The number of carbonyl (C=O) groups excluding carboxylic acids is 1. The average molecular weight is 314 g/mol. The van der Waals surface area contributed by atoms with Crippen LogP contribution in [0.25, 0.3) is 0 Å². The van der Waals surface area contributed by atoms with Crippen LogP contribution in [0, 0.1) is 5.92 Å². The van der Waals surface area contributed by atoms with Gasteiger partial charge in [-0.2, -0.15) is 11.8 Å². The largest absolute Gasteiger partial charge is 0.444 e. The third-order valence-corrected chi connectivity index (χ3v) is 5.60. The standard InChI is InChI=1S/C16H30N2O2S/c1-12-14(7-10-21-12)17-8-5-13-6-9-18(11-13)15(19)20-16(2,3)4/h12-14,17H,5-11H2,1-4H3. The SMILES string of the molecule is CC1SCCC1NCCC1CCN(C(=O)OC(C)(C)C)C1. The molecule has 0 aromatic carbocycles. The Balaban J connectivity index is 1.64. The van der Waals surface area contributed by atoms with Gasteiger partial charge in [0, 0.05) is 24.4 Å². The van der Waals surface area contributed by atoms with Gasteiger partial charge >= 0.3 is 6.09 Å². The van der Waals surface area contributed by atoms with Crippen molar-refractivity contribution in [3.05, 3.63) is 0 Å². The summed E-state index contributed by atoms with van der Waals surface area (Å²) in [5, 5.41) is 4.43. The van der Waals surface area contributed by atoms with Gasteiger partial charge in [-0.15, -0.1) is 0 Å². The zero-order chi connectivity index (χ0) is 15.5. The highest BCUT2D eigenvalue weighted by Gasteiger charge is 2.30. The molecule has 0 aromatic heterocycles. The first kappa shape index (κ1) is 16.9. The van der Waals surface area contributed by atoms with Crippen molar-refractivity contribution in [1.29, 1.82) is 0 Å². The summed E-state index contributed by atoms with van der Waals surface area (Å²) in [6.45, 7) is 10.8. The Bertz CT molecular complexity index is 357. The van der Waals surface area contributed by atoms with Gasteiger partial charge in [-0.05, 0) is 58.2 Å². The highest BCUT2D eigenvalue weighted by molar-refractivity contribution is 8.00. The number of nitrogens with zero attached hydrogens (tertiary/aromatic N) is 1. The number of nitrogens with one attached hydrogen (secondary N) is 1. The molecule has 5 heteroatoms. The van der Waals surface area contributed by atoms with Crippen molar-refractivity contribution in [2.75, 3.05) is 25.4 Å². The molecule has 3 unspecified atom stereocenters. The van der Waals surface area contributed by atoms with E-state index in [1.807, 2.05) is 25.7 Å². The molecule has 122 valence electrons. The van der Waals surface area contributed by atoms with Gasteiger partial charge < -0.3 is 15.0 Å². The first-order chi connectivity index (χ1) is 9.85. The van der Waals surface area contributed by atoms with Gasteiger partial charge in [0.2, 0.25) is 0 Å². The van der Waals surface area contributed by atoms with Gasteiger partial charge in [-0.25, -0.2) is 4.79 Å². The highest BCUT2D eigenvalue weighted by atomic mass is 32.2. The van der Waals surface area contributed by atoms with Crippen molar-refractivity contribution in [2.45, 2.75) is 63.9 Å². The number of ether oxygens (including phenoxy) is 1. The third kappa shape index (κ3) is 5.37. The molecule has 2 fully saturated rings. The molecule has 0 aromatic rings. The normalized spacial score (nSPS) is 29.9. The molecule has 0 aliphatic carbocycles. The smallest absolute Gasteiger partial charge is 0.410 e. The number of thioether (sulfide) groups is 1. The van der Waals surface area contributed by atoms with Crippen LogP contribution in [0.2, 0.25) is 0 Å². The summed E-state index contributed by atoms with van der Waals surface area (Å²) in [6, 6.07) is 0.679. The molecule has 2 saturated heterocycles. The fourth-order valence-electron chi connectivity index (χ4n) is 3.03. The number of likely N-dealkylation sites (tertiary alicyclic amines) is 1. The van der Waals surface area contributed by atoms with E-state index in [-0.39, 0.29) is 6.09 Å². The molecule has 4 nitrogen and oxygen atoms in total. The summed E-state index contributed by atoms with van der Waals surface area (Å²) < 4.78 is 5.44. The van der Waals surface area contributed by atoms with E-state index in [0.717, 1.165) is 37.7 Å². The average Bonchev–Trinajstić information content (AvgIpc) is 2.97.